The Morgan fingerprint density at radius 1 is 1.23 bits per heavy atom. The molecular weight excluding hydrogens is 320 g/mol. The SMILES string of the molecule is C=C(CCC)/C(CC)=C(/C(=O)NC1CCN(C)CC1)c1ccccc1C. The molecule has 1 amide bonds. The molecule has 1 aromatic rings. The van der Waals surface area contributed by atoms with Crippen LogP contribution in [-0.4, -0.2) is 37.0 Å². The quantitative estimate of drug-likeness (QED) is 0.567. The highest BCUT2D eigenvalue weighted by Crippen LogP contribution is 2.30. The smallest absolute Gasteiger partial charge is 0.252 e. The minimum Gasteiger partial charge on any atom is -0.349 e. The van der Waals surface area contributed by atoms with Gasteiger partial charge in [-0.1, -0.05) is 56.7 Å². The molecule has 0 saturated carbocycles. The van der Waals surface area contributed by atoms with Gasteiger partial charge in [0, 0.05) is 6.04 Å². The molecule has 1 fully saturated rings. The summed E-state index contributed by atoms with van der Waals surface area (Å²) in [6.45, 7) is 12.7. The molecular formula is C23H34N2O. The van der Waals surface area contributed by atoms with Crippen LogP contribution in [0.5, 0.6) is 0 Å². The number of likely N-dealkylation sites (tertiary alicyclic amines) is 1. The second-order valence-corrected chi connectivity index (χ2v) is 7.43. The molecule has 0 radical (unpaired) electrons. The number of benzene rings is 1. The largest absolute Gasteiger partial charge is 0.349 e. The second-order valence-electron chi connectivity index (χ2n) is 7.43. The van der Waals surface area contributed by atoms with Crippen LogP contribution >= 0.6 is 0 Å². The van der Waals surface area contributed by atoms with Crippen LogP contribution in [0.4, 0.5) is 0 Å². The molecule has 3 heteroatoms. The highest BCUT2D eigenvalue weighted by atomic mass is 16.1. The summed E-state index contributed by atoms with van der Waals surface area (Å²) in [5.41, 5.74) is 5.18. The Labute approximate surface area is 159 Å². The molecule has 142 valence electrons. The summed E-state index contributed by atoms with van der Waals surface area (Å²) in [6, 6.07) is 8.44. The highest BCUT2D eigenvalue weighted by molar-refractivity contribution is 6.21. The average molecular weight is 355 g/mol. The van der Waals surface area contributed by atoms with Crippen molar-refractivity contribution in [1.29, 1.82) is 0 Å². The summed E-state index contributed by atoms with van der Waals surface area (Å²) < 4.78 is 0. The Morgan fingerprint density at radius 3 is 2.46 bits per heavy atom. The lowest BCUT2D eigenvalue weighted by atomic mass is 9.88. The van der Waals surface area contributed by atoms with Gasteiger partial charge in [-0.15, -0.1) is 0 Å². The van der Waals surface area contributed by atoms with E-state index < -0.39 is 0 Å². The van der Waals surface area contributed by atoms with Crippen LogP contribution < -0.4 is 5.32 Å². The number of piperidine rings is 1. The van der Waals surface area contributed by atoms with Gasteiger partial charge >= 0.3 is 0 Å². The zero-order valence-corrected chi connectivity index (χ0v) is 16.9. The number of carbonyl (C=O) groups excluding carboxylic acids is 1. The number of nitrogens with one attached hydrogen (secondary N) is 1. The van der Waals surface area contributed by atoms with Gasteiger partial charge in [0.2, 0.25) is 0 Å². The van der Waals surface area contributed by atoms with Gasteiger partial charge in [-0.2, -0.15) is 0 Å². The number of aryl methyl sites for hydroxylation is 1. The zero-order chi connectivity index (χ0) is 19.1. The van der Waals surface area contributed by atoms with Crippen LogP contribution in [0.25, 0.3) is 5.57 Å². The molecule has 0 atom stereocenters. The van der Waals surface area contributed by atoms with Gasteiger partial charge in [0.05, 0.1) is 5.57 Å². The topological polar surface area (TPSA) is 32.3 Å². The van der Waals surface area contributed by atoms with Crippen molar-refractivity contribution in [3.05, 3.63) is 53.1 Å². The monoisotopic (exact) mass is 354 g/mol. The van der Waals surface area contributed by atoms with Crippen LogP contribution in [0.1, 0.15) is 57.1 Å². The number of hydrogen-bond acceptors (Lipinski definition) is 2. The average Bonchev–Trinajstić information content (AvgIpc) is 2.62. The van der Waals surface area contributed by atoms with Crippen molar-refractivity contribution >= 4 is 11.5 Å². The minimum absolute atomic E-state index is 0.0583. The lowest BCUT2D eigenvalue weighted by Gasteiger charge is -2.30. The van der Waals surface area contributed by atoms with E-state index >= 15 is 0 Å². The van der Waals surface area contributed by atoms with E-state index in [0.29, 0.717) is 0 Å². The molecule has 1 N–H and O–H groups in total. The molecule has 26 heavy (non-hydrogen) atoms. The van der Waals surface area contributed by atoms with Gasteiger partial charge in [0.25, 0.3) is 5.91 Å². The fourth-order valence-corrected chi connectivity index (χ4v) is 3.74. The Morgan fingerprint density at radius 2 is 1.88 bits per heavy atom. The first-order valence-electron chi connectivity index (χ1n) is 9.94. The molecule has 0 aromatic heterocycles. The third-order valence-corrected chi connectivity index (χ3v) is 5.33. The summed E-state index contributed by atoms with van der Waals surface area (Å²) in [5.74, 6) is 0.0583. The first-order chi connectivity index (χ1) is 12.5. The van der Waals surface area contributed by atoms with Crippen molar-refractivity contribution in [2.24, 2.45) is 0 Å². The fraction of sp³-hybridized carbons (Fsp3) is 0.522. The first-order valence-corrected chi connectivity index (χ1v) is 9.94. The highest BCUT2D eigenvalue weighted by Gasteiger charge is 2.24. The Hall–Kier alpha value is -1.87. The van der Waals surface area contributed by atoms with E-state index in [2.05, 4.69) is 56.7 Å². The molecule has 0 spiro atoms. The molecule has 1 heterocycles. The molecule has 2 rings (SSSR count). The van der Waals surface area contributed by atoms with Crippen molar-refractivity contribution in [3.8, 4) is 0 Å². The molecule has 0 unspecified atom stereocenters. The number of hydrogen-bond donors (Lipinski definition) is 1. The Bertz CT molecular complexity index is 667. The molecule has 1 aliphatic heterocycles. The number of nitrogens with zero attached hydrogens (tertiary/aromatic N) is 1. The molecule has 0 aliphatic carbocycles. The maximum absolute atomic E-state index is 13.3. The van der Waals surface area contributed by atoms with Crippen LogP contribution in [-0.2, 0) is 4.79 Å². The van der Waals surface area contributed by atoms with E-state index in [4.69, 9.17) is 0 Å². The van der Waals surface area contributed by atoms with Crippen LogP contribution in [0, 0.1) is 6.92 Å². The zero-order valence-electron chi connectivity index (χ0n) is 16.9. The fourth-order valence-electron chi connectivity index (χ4n) is 3.74. The predicted molar refractivity (Wildman–Crippen MR) is 111 cm³/mol. The number of amides is 1. The molecule has 0 bridgehead atoms. The van der Waals surface area contributed by atoms with E-state index in [-0.39, 0.29) is 11.9 Å². The first kappa shape index (κ1) is 20.4. The van der Waals surface area contributed by atoms with Gasteiger partial charge in [-0.05, 0) is 69.4 Å². The van der Waals surface area contributed by atoms with Crippen molar-refractivity contribution in [2.45, 2.75) is 58.9 Å². The summed E-state index contributed by atoms with van der Waals surface area (Å²) >= 11 is 0. The van der Waals surface area contributed by atoms with Crippen molar-refractivity contribution in [3.63, 3.8) is 0 Å². The van der Waals surface area contributed by atoms with E-state index in [0.717, 1.165) is 73.0 Å². The standard InChI is InChI=1S/C23H34N2O/c1-6-10-17(3)20(7-2)22(21-12-9-8-11-18(21)4)23(26)24-19-13-15-25(5)16-14-19/h8-9,11-12,19H,3,6-7,10,13-16H2,1-2,4-5H3,(H,24,26)/b22-20+. The lowest BCUT2D eigenvalue weighted by molar-refractivity contribution is -0.116. The van der Waals surface area contributed by atoms with Gasteiger partial charge in [0.1, 0.15) is 0 Å². The lowest BCUT2D eigenvalue weighted by Crippen LogP contribution is -2.43. The van der Waals surface area contributed by atoms with Crippen LogP contribution in [0.2, 0.25) is 0 Å². The van der Waals surface area contributed by atoms with Crippen molar-refractivity contribution in [1.82, 2.24) is 10.2 Å². The van der Waals surface area contributed by atoms with E-state index in [1.54, 1.807) is 0 Å². The maximum atomic E-state index is 13.3. The van der Waals surface area contributed by atoms with Gasteiger partial charge in [-0.25, -0.2) is 0 Å². The van der Waals surface area contributed by atoms with Gasteiger partial charge < -0.3 is 10.2 Å². The third-order valence-electron chi connectivity index (χ3n) is 5.33. The summed E-state index contributed by atoms with van der Waals surface area (Å²) in [5, 5.41) is 3.31. The van der Waals surface area contributed by atoms with Gasteiger partial charge in [0.15, 0.2) is 0 Å². The number of carbonyl (C=O) groups is 1. The molecule has 3 nitrogen and oxygen atoms in total. The predicted octanol–water partition coefficient (Wildman–Crippen LogP) is 4.73. The van der Waals surface area contributed by atoms with E-state index in [1.165, 1.54) is 0 Å². The third kappa shape index (κ3) is 5.07. The van der Waals surface area contributed by atoms with Crippen LogP contribution in [0.3, 0.4) is 0 Å². The van der Waals surface area contributed by atoms with Crippen LogP contribution in [0.15, 0.2) is 42.0 Å². The van der Waals surface area contributed by atoms with E-state index in [9.17, 15) is 4.79 Å². The van der Waals surface area contributed by atoms with Gasteiger partial charge in [-0.3, -0.25) is 4.79 Å². The molecule has 1 aromatic carbocycles. The van der Waals surface area contributed by atoms with Crippen molar-refractivity contribution in [2.75, 3.05) is 20.1 Å². The maximum Gasteiger partial charge on any atom is 0.252 e. The Balaban J connectivity index is 2.38. The minimum atomic E-state index is 0.0583. The van der Waals surface area contributed by atoms with Crippen molar-refractivity contribution < 1.29 is 4.79 Å². The van der Waals surface area contributed by atoms with E-state index in [1.807, 2.05) is 12.1 Å². The Kier molecular flexibility index (Phi) is 7.65. The summed E-state index contributed by atoms with van der Waals surface area (Å²) in [7, 11) is 2.14. The molecule has 1 aliphatic rings. The summed E-state index contributed by atoms with van der Waals surface area (Å²) in [4.78, 5) is 15.7. The second kappa shape index (κ2) is 9.72. The summed E-state index contributed by atoms with van der Waals surface area (Å²) in [6.07, 6.45) is 4.82. The number of rotatable bonds is 7. The molecule has 1 saturated heterocycles. The number of allylic oxidation sites excluding steroid dienone is 2. The normalized spacial score (nSPS) is 16.9.